The highest BCUT2D eigenvalue weighted by Gasteiger charge is 2.26. The van der Waals surface area contributed by atoms with Crippen molar-refractivity contribution in [3.05, 3.63) is 0 Å². The summed E-state index contributed by atoms with van der Waals surface area (Å²) in [7, 11) is 0. The van der Waals surface area contributed by atoms with Crippen molar-refractivity contribution in [3.8, 4) is 0 Å². The Morgan fingerprint density at radius 1 is 1.43 bits per heavy atom. The monoisotopic (exact) mass is 200 g/mol. The first-order chi connectivity index (χ1) is 6.52. The Hall–Kier alpha value is -0.120. The van der Waals surface area contributed by atoms with E-state index in [9.17, 15) is 0 Å². The first-order valence-corrected chi connectivity index (χ1v) is 5.63. The molecule has 0 aromatic carbocycles. The third-order valence-corrected chi connectivity index (χ3v) is 3.43. The Kier molecular flexibility index (Phi) is 4.35. The zero-order valence-corrected chi connectivity index (χ0v) is 9.86. The van der Waals surface area contributed by atoms with E-state index in [4.69, 9.17) is 10.5 Å². The fraction of sp³-hybridized carbons (Fsp3) is 1.00. The average Bonchev–Trinajstić information content (AvgIpc) is 2.12. The summed E-state index contributed by atoms with van der Waals surface area (Å²) in [6.07, 6.45) is 0.351. The SMILES string of the molecule is CC(N)C(C)CN1CCOC(C)C1C. The van der Waals surface area contributed by atoms with Crippen molar-refractivity contribution in [3.63, 3.8) is 0 Å². The van der Waals surface area contributed by atoms with Crippen LogP contribution in [0.1, 0.15) is 27.7 Å². The molecule has 84 valence electrons. The lowest BCUT2D eigenvalue weighted by atomic mass is 10.0. The summed E-state index contributed by atoms with van der Waals surface area (Å²) in [6, 6.07) is 0.797. The standard InChI is InChI=1S/C11H24N2O/c1-8(9(2)12)7-13-5-6-14-11(4)10(13)3/h8-11H,5-7,12H2,1-4H3. The number of nitrogens with two attached hydrogens (primary N) is 1. The Balaban J connectivity index is 2.43. The molecule has 4 unspecified atom stereocenters. The van der Waals surface area contributed by atoms with Gasteiger partial charge in [0.05, 0.1) is 12.7 Å². The first-order valence-electron chi connectivity index (χ1n) is 5.63. The van der Waals surface area contributed by atoms with Crippen LogP contribution in [0.2, 0.25) is 0 Å². The normalized spacial score (nSPS) is 34.1. The van der Waals surface area contributed by atoms with E-state index in [1.807, 2.05) is 0 Å². The molecule has 1 aliphatic heterocycles. The molecule has 1 aliphatic rings. The summed E-state index contributed by atoms with van der Waals surface area (Å²) < 4.78 is 5.59. The van der Waals surface area contributed by atoms with Gasteiger partial charge in [-0.2, -0.15) is 0 Å². The van der Waals surface area contributed by atoms with E-state index in [0.29, 0.717) is 18.1 Å². The Labute approximate surface area is 87.6 Å². The molecule has 1 saturated heterocycles. The van der Waals surface area contributed by atoms with Gasteiger partial charge in [-0.15, -0.1) is 0 Å². The van der Waals surface area contributed by atoms with Crippen LogP contribution in [0.15, 0.2) is 0 Å². The molecule has 2 N–H and O–H groups in total. The second kappa shape index (κ2) is 5.10. The average molecular weight is 200 g/mol. The van der Waals surface area contributed by atoms with Crippen molar-refractivity contribution >= 4 is 0 Å². The zero-order chi connectivity index (χ0) is 10.7. The van der Waals surface area contributed by atoms with Gasteiger partial charge in [0.25, 0.3) is 0 Å². The van der Waals surface area contributed by atoms with Gasteiger partial charge in [-0.1, -0.05) is 6.92 Å². The highest BCUT2D eigenvalue weighted by Crippen LogP contribution is 2.15. The van der Waals surface area contributed by atoms with Crippen molar-refractivity contribution in [1.82, 2.24) is 4.90 Å². The van der Waals surface area contributed by atoms with Gasteiger partial charge in [0.2, 0.25) is 0 Å². The Bertz CT molecular complexity index is 173. The lowest BCUT2D eigenvalue weighted by Gasteiger charge is -2.39. The summed E-state index contributed by atoms with van der Waals surface area (Å²) in [4.78, 5) is 2.49. The van der Waals surface area contributed by atoms with E-state index >= 15 is 0 Å². The van der Waals surface area contributed by atoms with Crippen LogP contribution < -0.4 is 5.73 Å². The molecule has 0 aliphatic carbocycles. The van der Waals surface area contributed by atoms with Crippen LogP contribution in [-0.4, -0.2) is 42.8 Å². The predicted molar refractivity (Wildman–Crippen MR) is 59.3 cm³/mol. The van der Waals surface area contributed by atoms with Crippen molar-refractivity contribution in [1.29, 1.82) is 0 Å². The van der Waals surface area contributed by atoms with E-state index in [1.165, 1.54) is 0 Å². The summed E-state index contributed by atoms with van der Waals surface area (Å²) >= 11 is 0. The van der Waals surface area contributed by atoms with Crippen LogP contribution in [0, 0.1) is 5.92 Å². The molecular weight excluding hydrogens is 176 g/mol. The number of rotatable bonds is 3. The molecule has 3 nitrogen and oxygen atoms in total. The van der Waals surface area contributed by atoms with E-state index in [2.05, 4.69) is 32.6 Å². The number of nitrogens with zero attached hydrogens (tertiary/aromatic N) is 1. The molecule has 4 atom stereocenters. The highest BCUT2D eigenvalue weighted by molar-refractivity contribution is 4.80. The largest absolute Gasteiger partial charge is 0.376 e. The molecular formula is C11H24N2O. The maximum Gasteiger partial charge on any atom is 0.0700 e. The minimum atomic E-state index is 0.278. The van der Waals surface area contributed by atoms with Gasteiger partial charge in [-0.25, -0.2) is 0 Å². The van der Waals surface area contributed by atoms with Crippen LogP contribution in [0.5, 0.6) is 0 Å². The predicted octanol–water partition coefficient (Wildman–Crippen LogP) is 1.08. The minimum Gasteiger partial charge on any atom is -0.376 e. The smallest absolute Gasteiger partial charge is 0.0700 e. The van der Waals surface area contributed by atoms with Crippen molar-refractivity contribution in [2.75, 3.05) is 19.7 Å². The molecule has 0 bridgehead atoms. The third-order valence-electron chi connectivity index (χ3n) is 3.43. The summed E-state index contributed by atoms with van der Waals surface area (Å²) in [5.74, 6) is 0.558. The first kappa shape index (κ1) is 12.0. The van der Waals surface area contributed by atoms with E-state index in [-0.39, 0.29) is 6.04 Å². The second-order valence-corrected chi connectivity index (χ2v) is 4.65. The molecule has 14 heavy (non-hydrogen) atoms. The van der Waals surface area contributed by atoms with Crippen molar-refractivity contribution in [2.24, 2.45) is 11.7 Å². The molecule has 3 heteroatoms. The molecule has 1 fully saturated rings. The van der Waals surface area contributed by atoms with Crippen LogP contribution in [0.4, 0.5) is 0 Å². The van der Waals surface area contributed by atoms with Crippen molar-refractivity contribution < 1.29 is 4.74 Å². The van der Waals surface area contributed by atoms with Gasteiger partial charge in [0, 0.05) is 25.2 Å². The van der Waals surface area contributed by atoms with E-state index < -0.39 is 0 Å². The quantitative estimate of drug-likeness (QED) is 0.741. The number of morpholine rings is 1. The van der Waals surface area contributed by atoms with Gasteiger partial charge in [0.15, 0.2) is 0 Å². The molecule has 0 saturated carbocycles. The molecule has 0 amide bonds. The van der Waals surface area contributed by atoms with Gasteiger partial charge in [-0.3, -0.25) is 4.90 Å². The molecule has 0 spiro atoms. The molecule has 1 rings (SSSR count). The van der Waals surface area contributed by atoms with Gasteiger partial charge in [0.1, 0.15) is 0 Å². The second-order valence-electron chi connectivity index (χ2n) is 4.65. The van der Waals surface area contributed by atoms with Crippen LogP contribution in [0.25, 0.3) is 0 Å². The highest BCUT2D eigenvalue weighted by atomic mass is 16.5. The Morgan fingerprint density at radius 3 is 2.64 bits per heavy atom. The zero-order valence-electron chi connectivity index (χ0n) is 9.86. The Morgan fingerprint density at radius 2 is 2.07 bits per heavy atom. The van der Waals surface area contributed by atoms with Crippen LogP contribution in [0.3, 0.4) is 0 Å². The van der Waals surface area contributed by atoms with Gasteiger partial charge in [-0.05, 0) is 26.7 Å². The minimum absolute atomic E-state index is 0.278. The van der Waals surface area contributed by atoms with Gasteiger partial charge < -0.3 is 10.5 Å². The summed E-state index contributed by atoms with van der Waals surface area (Å²) in [5.41, 5.74) is 5.88. The van der Waals surface area contributed by atoms with Crippen LogP contribution >= 0.6 is 0 Å². The maximum atomic E-state index is 5.88. The number of ether oxygens (including phenoxy) is 1. The lowest BCUT2D eigenvalue weighted by molar-refractivity contribution is -0.0599. The molecule has 0 aromatic heterocycles. The third kappa shape index (κ3) is 2.94. The van der Waals surface area contributed by atoms with E-state index in [1.54, 1.807) is 0 Å². The summed E-state index contributed by atoms with van der Waals surface area (Å²) in [6.45, 7) is 11.7. The molecule has 0 radical (unpaired) electrons. The van der Waals surface area contributed by atoms with Crippen LogP contribution in [-0.2, 0) is 4.74 Å². The fourth-order valence-electron chi connectivity index (χ4n) is 1.79. The fourth-order valence-corrected chi connectivity index (χ4v) is 1.79. The van der Waals surface area contributed by atoms with Crippen molar-refractivity contribution in [2.45, 2.75) is 45.9 Å². The number of hydrogen-bond donors (Lipinski definition) is 1. The van der Waals surface area contributed by atoms with Gasteiger partial charge >= 0.3 is 0 Å². The maximum absolute atomic E-state index is 5.88. The topological polar surface area (TPSA) is 38.5 Å². The lowest BCUT2D eigenvalue weighted by Crippen LogP contribution is -2.51. The molecule has 1 heterocycles. The molecule has 0 aromatic rings. The number of hydrogen-bond acceptors (Lipinski definition) is 3. The summed E-state index contributed by atoms with van der Waals surface area (Å²) in [5, 5.41) is 0. The van der Waals surface area contributed by atoms with E-state index in [0.717, 1.165) is 19.7 Å².